The van der Waals surface area contributed by atoms with E-state index in [0.29, 0.717) is 13.0 Å². The molecule has 2 N–H and O–H groups in total. The number of aromatic nitrogens is 2. The number of alkyl halides is 2. The molecule has 6 heteroatoms. The molecule has 0 bridgehead atoms. The summed E-state index contributed by atoms with van der Waals surface area (Å²) in [4.78, 5) is 4.46. The minimum absolute atomic E-state index is 0.241. The molecule has 0 spiro atoms. The maximum atomic E-state index is 11.9. The summed E-state index contributed by atoms with van der Waals surface area (Å²) in [5.41, 5.74) is 8.51. The number of nitrogens with two attached hydrogens (primary N) is 1. The highest BCUT2D eigenvalue weighted by atomic mass is 19.3. The molecule has 19 heavy (non-hydrogen) atoms. The van der Waals surface area contributed by atoms with Crippen molar-refractivity contribution in [2.45, 2.75) is 19.4 Å². The largest absolute Gasteiger partial charge is 0.375 e. The number of fused-ring (bicyclic) bond motifs is 1. The van der Waals surface area contributed by atoms with Crippen molar-refractivity contribution in [1.29, 1.82) is 0 Å². The molecule has 0 saturated heterocycles. The van der Waals surface area contributed by atoms with Crippen molar-refractivity contribution in [1.82, 2.24) is 9.55 Å². The summed E-state index contributed by atoms with van der Waals surface area (Å²) in [6, 6.07) is 5.85. The lowest BCUT2D eigenvalue weighted by Crippen LogP contribution is -2.09. The van der Waals surface area contributed by atoms with E-state index >= 15 is 0 Å². The SMILES string of the molecule is Cn1c(CCOCC(F)F)nc2ccc(CN)cc21. The normalized spacial score (nSPS) is 11.6. The molecule has 1 heterocycles. The van der Waals surface area contributed by atoms with Crippen LogP contribution in [0.15, 0.2) is 18.2 Å². The quantitative estimate of drug-likeness (QED) is 0.814. The average Bonchev–Trinajstić information content (AvgIpc) is 2.71. The minimum Gasteiger partial charge on any atom is -0.375 e. The Kier molecular flexibility index (Phi) is 4.44. The second kappa shape index (κ2) is 6.08. The fraction of sp³-hybridized carbons (Fsp3) is 0.462. The summed E-state index contributed by atoms with van der Waals surface area (Å²) in [7, 11) is 1.90. The van der Waals surface area contributed by atoms with Gasteiger partial charge in [-0.05, 0) is 17.7 Å². The fourth-order valence-electron chi connectivity index (χ4n) is 1.97. The van der Waals surface area contributed by atoms with Crippen LogP contribution >= 0.6 is 0 Å². The number of benzene rings is 1. The molecule has 0 unspecified atom stereocenters. The number of hydrogen-bond acceptors (Lipinski definition) is 3. The number of rotatable bonds is 6. The second-order valence-electron chi connectivity index (χ2n) is 4.33. The molecule has 0 amide bonds. The molecule has 0 aliphatic carbocycles. The molecule has 2 rings (SSSR count). The van der Waals surface area contributed by atoms with Gasteiger partial charge in [-0.1, -0.05) is 6.07 Å². The van der Waals surface area contributed by atoms with Gasteiger partial charge in [-0.15, -0.1) is 0 Å². The number of nitrogens with zero attached hydrogens (tertiary/aromatic N) is 2. The molecule has 2 aromatic rings. The van der Waals surface area contributed by atoms with E-state index in [1.165, 1.54) is 0 Å². The lowest BCUT2D eigenvalue weighted by Gasteiger charge is -2.04. The van der Waals surface area contributed by atoms with Gasteiger partial charge in [0.2, 0.25) is 0 Å². The first-order valence-electron chi connectivity index (χ1n) is 6.12. The Hall–Kier alpha value is -1.53. The summed E-state index contributed by atoms with van der Waals surface area (Å²) < 4.78 is 30.7. The van der Waals surface area contributed by atoms with Gasteiger partial charge in [0.05, 0.1) is 17.6 Å². The number of imidazole rings is 1. The smallest absolute Gasteiger partial charge is 0.261 e. The van der Waals surface area contributed by atoms with E-state index < -0.39 is 13.0 Å². The van der Waals surface area contributed by atoms with Gasteiger partial charge in [-0.25, -0.2) is 13.8 Å². The molecule has 4 nitrogen and oxygen atoms in total. The summed E-state index contributed by atoms with van der Waals surface area (Å²) in [5.74, 6) is 0.818. The van der Waals surface area contributed by atoms with Crippen LogP contribution in [0.5, 0.6) is 0 Å². The maximum Gasteiger partial charge on any atom is 0.261 e. The van der Waals surface area contributed by atoms with E-state index in [-0.39, 0.29) is 6.61 Å². The van der Waals surface area contributed by atoms with Crippen molar-refractivity contribution in [2.75, 3.05) is 13.2 Å². The van der Waals surface area contributed by atoms with Crippen LogP contribution in [0.3, 0.4) is 0 Å². The summed E-state index contributed by atoms with van der Waals surface area (Å²) in [5, 5.41) is 0. The minimum atomic E-state index is -2.42. The molecular formula is C13H17F2N3O. The predicted octanol–water partition coefficient (Wildman–Crippen LogP) is 1.86. The van der Waals surface area contributed by atoms with Crippen molar-refractivity contribution < 1.29 is 13.5 Å². The molecular weight excluding hydrogens is 252 g/mol. The zero-order valence-electron chi connectivity index (χ0n) is 10.8. The molecule has 0 atom stereocenters. The van der Waals surface area contributed by atoms with E-state index in [4.69, 9.17) is 10.5 Å². The molecule has 1 aromatic carbocycles. The molecule has 0 radical (unpaired) electrons. The monoisotopic (exact) mass is 269 g/mol. The first-order chi connectivity index (χ1) is 9.11. The summed E-state index contributed by atoms with van der Waals surface area (Å²) >= 11 is 0. The molecule has 0 aliphatic heterocycles. The van der Waals surface area contributed by atoms with Crippen molar-refractivity contribution >= 4 is 11.0 Å². The Morgan fingerprint density at radius 2 is 2.21 bits per heavy atom. The number of aryl methyl sites for hydroxylation is 1. The van der Waals surface area contributed by atoms with Crippen LogP contribution in [0, 0.1) is 0 Å². The third-order valence-corrected chi connectivity index (χ3v) is 2.99. The van der Waals surface area contributed by atoms with Crippen LogP contribution in [-0.4, -0.2) is 29.2 Å². The molecule has 0 saturated carbocycles. The third kappa shape index (κ3) is 3.27. The number of halogens is 2. The summed E-state index contributed by atoms with van der Waals surface area (Å²) in [6.07, 6.45) is -1.91. The Morgan fingerprint density at radius 3 is 2.89 bits per heavy atom. The zero-order chi connectivity index (χ0) is 13.8. The van der Waals surface area contributed by atoms with Gasteiger partial charge in [0.1, 0.15) is 12.4 Å². The van der Waals surface area contributed by atoms with Gasteiger partial charge in [0, 0.05) is 20.0 Å². The van der Waals surface area contributed by atoms with E-state index in [1.54, 1.807) is 0 Å². The molecule has 0 fully saturated rings. The van der Waals surface area contributed by atoms with E-state index in [0.717, 1.165) is 22.4 Å². The molecule has 104 valence electrons. The first-order valence-corrected chi connectivity index (χ1v) is 6.12. The highest BCUT2D eigenvalue weighted by molar-refractivity contribution is 5.76. The Balaban J connectivity index is 2.09. The Labute approximate surface area is 110 Å². The van der Waals surface area contributed by atoms with Gasteiger partial charge >= 0.3 is 0 Å². The molecule has 1 aromatic heterocycles. The van der Waals surface area contributed by atoms with Gasteiger partial charge in [-0.3, -0.25) is 0 Å². The van der Waals surface area contributed by atoms with Crippen LogP contribution in [0.2, 0.25) is 0 Å². The predicted molar refractivity (Wildman–Crippen MR) is 69.1 cm³/mol. The third-order valence-electron chi connectivity index (χ3n) is 2.99. The first kappa shape index (κ1) is 13.9. The van der Waals surface area contributed by atoms with Crippen LogP contribution in [0.4, 0.5) is 8.78 Å². The van der Waals surface area contributed by atoms with Crippen LogP contribution in [0.1, 0.15) is 11.4 Å². The molecule has 0 aliphatic rings. The average molecular weight is 269 g/mol. The summed E-state index contributed by atoms with van der Waals surface area (Å²) in [6.45, 7) is 0.195. The van der Waals surface area contributed by atoms with Gasteiger partial charge in [0.15, 0.2) is 0 Å². The number of ether oxygens (including phenoxy) is 1. The van der Waals surface area contributed by atoms with E-state index in [9.17, 15) is 8.78 Å². The highest BCUT2D eigenvalue weighted by Gasteiger charge is 2.09. The van der Waals surface area contributed by atoms with Gasteiger partial charge < -0.3 is 15.0 Å². The van der Waals surface area contributed by atoms with Crippen molar-refractivity contribution in [3.63, 3.8) is 0 Å². The van der Waals surface area contributed by atoms with Crippen LogP contribution in [0.25, 0.3) is 11.0 Å². The number of hydrogen-bond donors (Lipinski definition) is 1. The van der Waals surface area contributed by atoms with E-state index in [1.807, 2.05) is 29.8 Å². The Bertz CT molecular complexity index is 554. The van der Waals surface area contributed by atoms with Crippen molar-refractivity contribution in [3.05, 3.63) is 29.6 Å². The maximum absolute atomic E-state index is 11.9. The second-order valence-corrected chi connectivity index (χ2v) is 4.33. The van der Waals surface area contributed by atoms with Crippen molar-refractivity contribution in [3.8, 4) is 0 Å². The zero-order valence-corrected chi connectivity index (χ0v) is 10.8. The van der Waals surface area contributed by atoms with Crippen LogP contribution < -0.4 is 5.73 Å². The van der Waals surface area contributed by atoms with E-state index in [2.05, 4.69) is 4.98 Å². The van der Waals surface area contributed by atoms with Crippen LogP contribution in [-0.2, 0) is 24.8 Å². The Morgan fingerprint density at radius 1 is 1.42 bits per heavy atom. The lowest BCUT2D eigenvalue weighted by molar-refractivity contribution is 0.0182. The topological polar surface area (TPSA) is 53.1 Å². The van der Waals surface area contributed by atoms with Crippen molar-refractivity contribution in [2.24, 2.45) is 12.8 Å². The van der Waals surface area contributed by atoms with Gasteiger partial charge in [0.25, 0.3) is 6.43 Å². The van der Waals surface area contributed by atoms with Gasteiger partial charge in [-0.2, -0.15) is 0 Å². The standard InChI is InChI=1S/C13H17F2N3O/c1-18-11-6-9(7-16)2-3-10(11)17-13(18)4-5-19-8-12(14)15/h2-3,6,12H,4-5,7-8,16H2,1H3. The fourth-order valence-corrected chi connectivity index (χ4v) is 1.97. The lowest BCUT2D eigenvalue weighted by atomic mass is 10.2. The highest BCUT2D eigenvalue weighted by Crippen LogP contribution is 2.17.